The molecule has 8 heteroatoms. The quantitative estimate of drug-likeness (QED) is 0.544. The third-order valence-corrected chi connectivity index (χ3v) is 4.39. The van der Waals surface area contributed by atoms with Gasteiger partial charge in [-0.15, -0.1) is 12.6 Å². The number of carbonyl (C=O) groups is 1. The number of hydrogen-bond donors (Lipinski definition) is 4. The van der Waals surface area contributed by atoms with E-state index >= 15 is 0 Å². The number of rotatable bonds is 2. The lowest BCUT2D eigenvalue weighted by Gasteiger charge is -2.33. The Morgan fingerprint density at radius 3 is 3.09 bits per heavy atom. The third-order valence-electron chi connectivity index (χ3n) is 3.74. The molecule has 0 saturated carbocycles. The molecule has 1 atom stereocenters. The number of imidazole rings is 1. The van der Waals surface area contributed by atoms with Gasteiger partial charge in [0.2, 0.25) is 0 Å². The van der Waals surface area contributed by atoms with Crippen LogP contribution in [0.5, 0.6) is 0 Å². The number of fused-ring (bicyclic) bond motifs is 2. The van der Waals surface area contributed by atoms with E-state index in [2.05, 4.69) is 32.9 Å². The fraction of sp³-hybridized carbons (Fsp3) is 0.143. The monoisotopic (exact) mass is 333 g/mol. The lowest BCUT2D eigenvalue weighted by molar-refractivity contribution is 0.0937. The molecular weight excluding hydrogens is 322 g/mol. The van der Waals surface area contributed by atoms with Gasteiger partial charge in [-0.25, -0.2) is 4.98 Å². The van der Waals surface area contributed by atoms with Gasteiger partial charge in [-0.05, 0) is 23.8 Å². The van der Waals surface area contributed by atoms with Gasteiger partial charge in [0.15, 0.2) is 5.82 Å². The molecule has 6 nitrogen and oxygen atoms in total. The average Bonchev–Trinajstić information content (AvgIpc) is 3.10. The Morgan fingerprint density at radius 2 is 2.23 bits per heavy atom. The van der Waals surface area contributed by atoms with Gasteiger partial charge in [0.25, 0.3) is 5.91 Å². The molecule has 1 unspecified atom stereocenters. The van der Waals surface area contributed by atoms with Gasteiger partial charge in [-0.2, -0.15) is 0 Å². The molecule has 3 aromatic rings. The standard InChI is InChI=1S/C14H12ClN5OS/c15-8-1-2-10-9(3-8)7(4-16-10)5-20-12-11(17-6-18-12)13(21)19-14(20)22/h1-4,6,14,16,22H,5H2,(H,17,18)(H,19,21). The normalized spacial score (nSPS) is 17.6. The summed E-state index contributed by atoms with van der Waals surface area (Å²) in [6.45, 7) is 0.548. The summed E-state index contributed by atoms with van der Waals surface area (Å²) in [6.07, 6.45) is 3.44. The highest BCUT2D eigenvalue weighted by atomic mass is 35.5. The lowest BCUT2D eigenvalue weighted by Crippen LogP contribution is -2.49. The van der Waals surface area contributed by atoms with Crippen molar-refractivity contribution in [2.45, 2.75) is 12.0 Å². The molecule has 0 spiro atoms. The van der Waals surface area contributed by atoms with E-state index in [0.717, 1.165) is 16.5 Å². The third kappa shape index (κ3) is 2.05. The molecule has 1 aromatic carbocycles. The minimum atomic E-state index is -0.438. The van der Waals surface area contributed by atoms with Gasteiger partial charge >= 0.3 is 0 Å². The molecule has 1 aliphatic heterocycles. The molecular formula is C14H12ClN5OS. The smallest absolute Gasteiger partial charge is 0.273 e. The van der Waals surface area contributed by atoms with Crippen LogP contribution in [0.1, 0.15) is 16.1 Å². The van der Waals surface area contributed by atoms with Crippen LogP contribution in [0.2, 0.25) is 5.02 Å². The second-order valence-corrected chi connectivity index (χ2v) is 6.01. The van der Waals surface area contributed by atoms with Crippen molar-refractivity contribution in [3.05, 3.63) is 47.0 Å². The van der Waals surface area contributed by atoms with Crippen LogP contribution in [0.15, 0.2) is 30.7 Å². The molecule has 3 heterocycles. The largest absolute Gasteiger partial charge is 0.361 e. The number of anilines is 1. The molecule has 2 aromatic heterocycles. The van der Waals surface area contributed by atoms with E-state index in [1.165, 1.54) is 6.33 Å². The van der Waals surface area contributed by atoms with Crippen LogP contribution in [-0.4, -0.2) is 26.4 Å². The first kappa shape index (κ1) is 13.5. The number of carbonyl (C=O) groups excluding carboxylic acids is 1. The molecule has 0 bridgehead atoms. The molecule has 3 N–H and O–H groups in total. The fourth-order valence-corrected chi connectivity index (χ4v) is 3.16. The van der Waals surface area contributed by atoms with Crippen LogP contribution >= 0.6 is 24.2 Å². The van der Waals surface area contributed by atoms with E-state index in [9.17, 15) is 4.79 Å². The van der Waals surface area contributed by atoms with E-state index in [1.807, 2.05) is 29.3 Å². The Morgan fingerprint density at radius 1 is 1.36 bits per heavy atom. The molecule has 0 saturated heterocycles. The minimum absolute atomic E-state index is 0.203. The van der Waals surface area contributed by atoms with Crippen molar-refractivity contribution in [3.63, 3.8) is 0 Å². The molecule has 0 radical (unpaired) electrons. The number of hydrogen-bond acceptors (Lipinski definition) is 4. The summed E-state index contributed by atoms with van der Waals surface area (Å²) in [4.78, 5) is 24.1. The zero-order valence-electron chi connectivity index (χ0n) is 11.3. The van der Waals surface area contributed by atoms with E-state index in [0.29, 0.717) is 23.1 Å². The first-order valence-electron chi connectivity index (χ1n) is 6.68. The molecule has 1 aliphatic rings. The molecule has 22 heavy (non-hydrogen) atoms. The van der Waals surface area contributed by atoms with E-state index in [1.54, 1.807) is 0 Å². The summed E-state index contributed by atoms with van der Waals surface area (Å²) in [5, 5.41) is 4.51. The maximum atomic E-state index is 11.9. The van der Waals surface area contributed by atoms with Crippen LogP contribution in [-0.2, 0) is 6.54 Å². The number of H-pyrrole nitrogens is 2. The first-order chi connectivity index (χ1) is 10.6. The van der Waals surface area contributed by atoms with Crippen molar-refractivity contribution >= 4 is 46.9 Å². The zero-order chi connectivity index (χ0) is 15.3. The predicted molar refractivity (Wildman–Crippen MR) is 88.3 cm³/mol. The molecule has 4 rings (SSSR count). The highest BCUT2D eigenvalue weighted by Gasteiger charge is 2.31. The number of aromatic amines is 2. The Kier molecular flexibility index (Phi) is 3.05. The summed E-state index contributed by atoms with van der Waals surface area (Å²) < 4.78 is 0. The van der Waals surface area contributed by atoms with Crippen molar-refractivity contribution in [2.24, 2.45) is 0 Å². The van der Waals surface area contributed by atoms with Crippen LogP contribution in [0, 0.1) is 0 Å². The maximum absolute atomic E-state index is 11.9. The summed E-state index contributed by atoms with van der Waals surface area (Å²) in [6, 6.07) is 5.71. The van der Waals surface area contributed by atoms with Crippen molar-refractivity contribution in [1.82, 2.24) is 20.3 Å². The summed E-state index contributed by atoms with van der Waals surface area (Å²) in [5.74, 6) is 0.394. The average molecular weight is 334 g/mol. The van der Waals surface area contributed by atoms with Crippen LogP contribution in [0.25, 0.3) is 10.9 Å². The van der Waals surface area contributed by atoms with Crippen LogP contribution in [0.4, 0.5) is 5.82 Å². The first-order valence-corrected chi connectivity index (χ1v) is 7.57. The van der Waals surface area contributed by atoms with E-state index < -0.39 is 5.50 Å². The van der Waals surface area contributed by atoms with Crippen molar-refractivity contribution in [3.8, 4) is 0 Å². The zero-order valence-corrected chi connectivity index (χ0v) is 12.9. The SMILES string of the molecule is O=C1NC(S)N(Cc2c[nH]c3ccc(Cl)cc23)c2nc[nH]c21. The van der Waals surface area contributed by atoms with E-state index in [-0.39, 0.29) is 5.91 Å². The highest BCUT2D eigenvalue weighted by Crippen LogP contribution is 2.29. The van der Waals surface area contributed by atoms with Gasteiger partial charge in [0.1, 0.15) is 11.2 Å². The van der Waals surface area contributed by atoms with Crippen molar-refractivity contribution in [2.75, 3.05) is 4.90 Å². The topological polar surface area (TPSA) is 76.8 Å². The van der Waals surface area contributed by atoms with Gasteiger partial charge in [-0.3, -0.25) is 4.79 Å². The second kappa shape index (κ2) is 4.96. The number of benzene rings is 1. The van der Waals surface area contributed by atoms with Crippen molar-refractivity contribution in [1.29, 1.82) is 0 Å². The summed E-state index contributed by atoms with van der Waals surface area (Å²) in [7, 11) is 0. The Bertz CT molecular complexity index is 873. The second-order valence-electron chi connectivity index (χ2n) is 5.08. The maximum Gasteiger partial charge on any atom is 0.273 e. The van der Waals surface area contributed by atoms with E-state index in [4.69, 9.17) is 11.6 Å². The van der Waals surface area contributed by atoms with Crippen LogP contribution in [0.3, 0.4) is 0 Å². The molecule has 1 amide bonds. The van der Waals surface area contributed by atoms with Crippen LogP contribution < -0.4 is 10.2 Å². The van der Waals surface area contributed by atoms with Gasteiger partial charge in [0.05, 0.1) is 6.33 Å². The summed E-state index contributed by atoms with van der Waals surface area (Å²) in [5.41, 5.74) is 2.08. The fourth-order valence-electron chi connectivity index (χ4n) is 2.68. The Labute approximate surface area is 136 Å². The Balaban J connectivity index is 1.75. The predicted octanol–water partition coefficient (Wildman–Crippen LogP) is 2.51. The number of nitrogens with one attached hydrogen (secondary N) is 3. The van der Waals surface area contributed by atoms with Gasteiger partial charge < -0.3 is 20.2 Å². The number of thiol groups is 1. The number of aromatic nitrogens is 3. The minimum Gasteiger partial charge on any atom is -0.361 e. The number of halogens is 1. The van der Waals surface area contributed by atoms with Crippen molar-refractivity contribution < 1.29 is 4.79 Å². The van der Waals surface area contributed by atoms with Gasteiger partial charge in [0, 0.05) is 28.7 Å². The summed E-state index contributed by atoms with van der Waals surface area (Å²) >= 11 is 10.5. The molecule has 112 valence electrons. The highest BCUT2D eigenvalue weighted by molar-refractivity contribution is 7.81. The molecule has 0 fully saturated rings. The van der Waals surface area contributed by atoms with Gasteiger partial charge in [-0.1, -0.05) is 11.6 Å². The number of nitrogens with zero attached hydrogens (tertiary/aromatic N) is 2. The number of amides is 1. The molecule has 0 aliphatic carbocycles. The lowest BCUT2D eigenvalue weighted by atomic mass is 10.1. The Hall–Kier alpha value is -2.12.